The normalized spacial score (nSPS) is 27.1. The molecule has 0 aliphatic carbocycles. The fourth-order valence-electron chi connectivity index (χ4n) is 8.52. The number of phenols is 1. The van der Waals surface area contributed by atoms with E-state index >= 15 is 4.39 Å². The Morgan fingerprint density at radius 2 is 2.04 bits per heavy atom. The highest BCUT2D eigenvalue weighted by molar-refractivity contribution is 6.03. The number of pyridine rings is 1. The molecule has 4 atom stereocenters. The van der Waals surface area contributed by atoms with Crippen molar-refractivity contribution in [2.45, 2.75) is 61.8 Å². The number of phenolic OH excluding ortho intramolecular Hbond substituents is 1. The topological polar surface area (TPSA) is 86.6 Å². The molecule has 0 spiro atoms. The van der Waals surface area contributed by atoms with E-state index in [1.807, 2.05) is 4.90 Å². The van der Waals surface area contributed by atoms with E-state index in [1.165, 1.54) is 30.5 Å². The smallest absolute Gasteiger partial charge is 0.319 e. The van der Waals surface area contributed by atoms with Gasteiger partial charge in [0, 0.05) is 54.8 Å². The van der Waals surface area contributed by atoms with E-state index in [4.69, 9.17) is 16.1 Å². The van der Waals surface area contributed by atoms with Crippen molar-refractivity contribution >= 4 is 27.5 Å². The summed E-state index contributed by atoms with van der Waals surface area (Å²) in [6.07, 6.45) is 10.3. The van der Waals surface area contributed by atoms with Crippen molar-refractivity contribution in [3.63, 3.8) is 0 Å². The van der Waals surface area contributed by atoms with Gasteiger partial charge in [0.1, 0.15) is 41.4 Å². The molecule has 8 rings (SSSR count). The molecular weight excluding hydrogens is 612 g/mol. The number of aromatic nitrogens is 3. The molecule has 0 radical (unpaired) electrons. The van der Waals surface area contributed by atoms with Crippen LogP contribution in [-0.4, -0.2) is 87.7 Å². The van der Waals surface area contributed by atoms with Gasteiger partial charge in [-0.1, -0.05) is 12.0 Å². The van der Waals surface area contributed by atoms with Crippen LogP contribution in [0.3, 0.4) is 0 Å². The van der Waals surface area contributed by atoms with Gasteiger partial charge >= 0.3 is 6.01 Å². The highest BCUT2D eigenvalue weighted by Crippen LogP contribution is 2.43. The predicted molar refractivity (Wildman–Crippen MR) is 170 cm³/mol. The lowest BCUT2D eigenvalue weighted by Crippen LogP contribution is -2.60. The number of benzene rings is 2. The van der Waals surface area contributed by atoms with Gasteiger partial charge in [-0.15, -0.1) is 6.42 Å². The molecule has 6 heterocycles. The molecule has 4 aliphatic rings. The average molecular weight is 647 g/mol. The molecular formula is C35H34F4N6O2. The molecule has 2 aromatic heterocycles. The summed E-state index contributed by atoms with van der Waals surface area (Å²) in [7, 11) is 0. The molecule has 0 saturated carbocycles. The molecule has 0 amide bonds. The molecule has 8 nitrogen and oxygen atoms in total. The van der Waals surface area contributed by atoms with Crippen LogP contribution in [0, 0.1) is 24.0 Å². The second kappa shape index (κ2) is 11.2. The van der Waals surface area contributed by atoms with E-state index in [2.05, 4.69) is 26.1 Å². The minimum Gasteiger partial charge on any atom is -0.508 e. The van der Waals surface area contributed by atoms with Crippen LogP contribution in [0.1, 0.15) is 44.1 Å². The number of alkyl halides is 2. The van der Waals surface area contributed by atoms with Crippen LogP contribution in [-0.2, 0) is 0 Å². The Kier molecular flexibility index (Phi) is 7.18. The zero-order valence-corrected chi connectivity index (χ0v) is 25.7. The van der Waals surface area contributed by atoms with Crippen molar-refractivity contribution in [3.05, 3.63) is 47.7 Å². The van der Waals surface area contributed by atoms with E-state index in [1.54, 1.807) is 0 Å². The first-order valence-corrected chi connectivity index (χ1v) is 16.1. The highest BCUT2D eigenvalue weighted by atomic mass is 19.1. The third kappa shape index (κ3) is 4.93. The fraction of sp³-hybridized carbons (Fsp3) is 0.457. The lowest BCUT2D eigenvalue weighted by Gasteiger charge is -2.42. The molecule has 4 aliphatic heterocycles. The van der Waals surface area contributed by atoms with Crippen molar-refractivity contribution in [2.24, 2.45) is 0 Å². The van der Waals surface area contributed by atoms with Gasteiger partial charge in [0.15, 0.2) is 5.82 Å². The summed E-state index contributed by atoms with van der Waals surface area (Å²) < 4.78 is 66.1. The number of ether oxygens (including phenoxy) is 1. The number of fused-ring (bicyclic) bond motifs is 5. The van der Waals surface area contributed by atoms with Gasteiger partial charge in [-0.3, -0.25) is 14.3 Å². The SMILES string of the molecule is C#Cc1c(F)ccc2cc(O)cc(-c3ncc4c(N5C[C@H]6CC[C@@](CCF)(C5)N6)nc(OC[C@@]56CCCN5C[C@H](F)C6)nc4c3F)c12. The number of nitrogens with zero attached hydrogens (tertiary/aromatic N) is 5. The van der Waals surface area contributed by atoms with Crippen LogP contribution in [0.5, 0.6) is 11.8 Å². The first-order chi connectivity index (χ1) is 22.7. The summed E-state index contributed by atoms with van der Waals surface area (Å²) in [6, 6.07) is 5.42. The molecule has 0 unspecified atom stereocenters. The maximum atomic E-state index is 16.9. The fourth-order valence-corrected chi connectivity index (χ4v) is 8.52. The molecule has 47 heavy (non-hydrogen) atoms. The number of hydrogen-bond acceptors (Lipinski definition) is 8. The van der Waals surface area contributed by atoms with E-state index in [0.717, 1.165) is 32.2 Å². The van der Waals surface area contributed by atoms with Gasteiger partial charge in [-0.05, 0) is 62.2 Å². The first-order valence-electron chi connectivity index (χ1n) is 16.1. The van der Waals surface area contributed by atoms with Crippen LogP contribution in [0.15, 0.2) is 30.5 Å². The number of aromatic hydroxyl groups is 1. The molecule has 2 N–H and O–H groups in total. The zero-order valence-electron chi connectivity index (χ0n) is 25.7. The Balaban J connectivity index is 1.28. The Bertz CT molecular complexity index is 1950. The van der Waals surface area contributed by atoms with Gasteiger partial charge in [0.2, 0.25) is 0 Å². The quantitative estimate of drug-likeness (QED) is 0.203. The lowest BCUT2D eigenvalue weighted by molar-refractivity contribution is 0.107. The summed E-state index contributed by atoms with van der Waals surface area (Å²) in [5, 5.41) is 15.1. The van der Waals surface area contributed by atoms with Crippen LogP contribution >= 0.6 is 0 Å². The van der Waals surface area contributed by atoms with Gasteiger partial charge < -0.3 is 20.1 Å². The molecule has 244 valence electrons. The van der Waals surface area contributed by atoms with E-state index in [0.29, 0.717) is 49.1 Å². The number of nitrogens with one attached hydrogen (secondary N) is 1. The van der Waals surface area contributed by atoms with Crippen molar-refractivity contribution in [1.29, 1.82) is 0 Å². The van der Waals surface area contributed by atoms with E-state index < -0.39 is 35.6 Å². The Morgan fingerprint density at radius 1 is 1.17 bits per heavy atom. The Hall–Kier alpha value is -4.21. The first kappa shape index (κ1) is 30.1. The van der Waals surface area contributed by atoms with Crippen molar-refractivity contribution in [1.82, 2.24) is 25.2 Å². The van der Waals surface area contributed by atoms with Gasteiger partial charge in [-0.25, -0.2) is 13.2 Å². The van der Waals surface area contributed by atoms with E-state index in [-0.39, 0.29) is 52.1 Å². The summed E-state index contributed by atoms with van der Waals surface area (Å²) in [4.78, 5) is 17.9. The van der Waals surface area contributed by atoms with Gasteiger partial charge in [0.25, 0.3) is 0 Å². The number of rotatable bonds is 7. The summed E-state index contributed by atoms with van der Waals surface area (Å²) >= 11 is 0. The lowest BCUT2D eigenvalue weighted by atomic mass is 9.93. The number of halogens is 4. The van der Waals surface area contributed by atoms with Crippen molar-refractivity contribution in [2.75, 3.05) is 44.4 Å². The highest BCUT2D eigenvalue weighted by Gasteiger charge is 2.50. The monoisotopic (exact) mass is 646 g/mol. The molecule has 12 heteroatoms. The second-order valence-corrected chi connectivity index (χ2v) is 13.5. The minimum absolute atomic E-state index is 0.0615. The number of hydrogen-bond donors (Lipinski definition) is 2. The van der Waals surface area contributed by atoms with Gasteiger partial charge in [0.05, 0.1) is 23.2 Å². The van der Waals surface area contributed by atoms with Gasteiger partial charge in [-0.2, -0.15) is 9.97 Å². The third-order valence-corrected chi connectivity index (χ3v) is 10.6. The Morgan fingerprint density at radius 3 is 2.87 bits per heavy atom. The zero-order chi connectivity index (χ0) is 32.5. The maximum Gasteiger partial charge on any atom is 0.319 e. The predicted octanol–water partition coefficient (Wildman–Crippen LogP) is 5.44. The molecule has 2 bridgehead atoms. The summed E-state index contributed by atoms with van der Waals surface area (Å²) in [5.74, 6) is 1.11. The number of terminal acetylenes is 1. The standard InChI is InChI=1S/C35H34F4N6O2/c1-2-24-27(38)5-4-20-12-23(46)13-25(28(20)24)30-29(39)31-26(15-40-30)32(44-17-22-6-8-34(18-44,43-22)9-10-36)42-33(41-31)47-19-35-7-3-11-45(35)16-21(37)14-35/h1,4-5,12-13,15,21-22,43,46H,3,6-11,14,16-19H2/t21-,22-,34-,35+/m1/s1. The number of anilines is 1. The average Bonchev–Trinajstić information content (AvgIpc) is 3.68. The van der Waals surface area contributed by atoms with Crippen LogP contribution in [0.2, 0.25) is 0 Å². The minimum atomic E-state index is -0.948. The molecule has 4 aromatic rings. The Labute approximate surface area is 269 Å². The van der Waals surface area contributed by atoms with Crippen LogP contribution < -0.4 is 15.0 Å². The third-order valence-electron chi connectivity index (χ3n) is 10.6. The molecule has 4 saturated heterocycles. The number of piperazine rings is 1. The van der Waals surface area contributed by atoms with E-state index in [9.17, 15) is 18.3 Å². The van der Waals surface area contributed by atoms with Crippen molar-refractivity contribution < 1.29 is 27.4 Å². The maximum absolute atomic E-state index is 16.9. The van der Waals surface area contributed by atoms with Crippen LogP contribution in [0.4, 0.5) is 23.4 Å². The largest absolute Gasteiger partial charge is 0.508 e. The molecule has 4 fully saturated rings. The summed E-state index contributed by atoms with van der Waals surface area (Å²) in [6.45, 7) is 1.83. The van der Waals surface area contributed by atoms with Crippen LogP contribution in [0.25, 0.3) is 32.9 Å². The van der Waals surface area contributed by atoms with Crippen molar-refractivity contribution in [3.8, 4) is 35.4 Å². The summed E-state index contributed by atoms with van der Waals surface area (Å²) in [5.41, 5.74) is -1.15. The molecule has 2 aromatic carbocycles. The second-order valence-electron chi connectivity index (χ2n) is 13.5.